The third-order valence-corrected chi connectivity index (χ3v) is 4.05. The molecule has 0 atom stereocenters. The molecule has 0 aliphatic rings. The third-order valence-electron chi connectivity index (χ3n) is 3.43. The normalized spacial score (nSPS) is 10.0. The number of benzene rings is 2. The van der Waals surface area contributed by atoms with E-state index in [4.69, 9.17) is 9.47 Å². The van der Waals surface area contributed by atoms with Gasteiger partial charge in [-0.3, -0.25) is 20.4 Å². The summed E-state index contributed by atoms with van der Waals surface area (Å²) in [5, 5.41) is 0. The average Bonchev–Trinajstić information content (AvgIpc) is 2.64. The molecule has 2 aromatic rings. The number of amides is 2. The molecule has 2 amide bonds. The minimum atomic E-state index is -0.458. The zero-order valence-electron chi connectivity index (χ0n) is 14.0. The summed E-state index contributed by atoms with van der Waals surface area (Å²) in [6.45, 7) is 1.87. The van der Waals surface area contributed by atoms with Gasteiger partial charge in [0.2, 0.25) is 0 Å². The van der Waals surface area contributed by atoms with Crippen LogP contribution in [-0.2, 0) is 11.2 Å². The molecule has 2 aromatic carbocycles. The number of halogens is 1. The van der Waals surface area contributed by atoms with E-state index in [1.54, 1.807) is 30.3 Å². The lowest BCUT2D eigenvalue weighted by Gasteiger charge is -2.10. The van der Waals surface area contributed by atoms with Gasteiger partial charge in [0.05, 0.1) is 11.6 Å². The van der Waals surface area contributed by atoms with Crippen LogP contribution >= 0.6 is 15.9 Å². The first-order chi connectivity index (χ1) is 12.0. The molecule has 0 saturated carbocycles. The van der Waals surface area contributed by atoms with E-state index in [1.165, 1.54) is 12.7 Å². The highest BCUT2D eigenvalue weighted by molar-refractivity contribution is 9.10. The van der Waals surface area contributed by atoms with Gasteiger partial charge in [-0.05, 0) is 58.2 Å². The van der Waals surface area contributed by atoms with Crippen molar-refractivity contribution in [1.29, 1.82) is 0 Å². The Morgan fingerprint density at radius 2 is 1.80 bits per heavy atom. The minimum Gasteiger partial charge on any atom is -0.496 e. The third kappa shape index (κ3) is 5.49. The number of ether oxygens (including phenoxy) is 2. The summed E-state index contributed by atoms with van der Waals surface area (Å²) in [5.74, 6) is 0.310. The van der Waals surface area contributed by atoms with Crippen LogP contribution in [-0.4, -0.2) is 25.5 Å². The maximum Gasteiger partial charge on any atom is 0.276 e. The Morgan fingerprint density at radius 1 is 1.08 bits per heavy atom. The van der Waals surface area contributed by atoms with Gasteiger partial charge < -0.3 is 9.47 Å². The van der Waals surface area contributed by atoms with E-state index < -0.39 is 11.8 Å². The van der Waals surface area contributed by atoms with Crippen molar-refractivity contribution in [2.75, 3.05) is 13.7 Å². The minimum absolute atomic E-state index is 0.196. The Morgan fingerprint density at radius 3 is 2.40 bits per heavy atom. The fraction of sp³-hybridized carbons (Fsp3) is 0.222. The number of hydrogen-bond acceptors (Lipinski definition) is 4. The largest absolute Gasteiger partial charge is 0.496 e. The molecular formula is C18H19BrN2O4. The van der Waals surface area contributed by atoms with Crippen molar-refractivity contribution in [2.45, 2.75) is 13.3 Å². The molecule has 0 aliphatic carbocycles. The molecule has 0 heterocycles. The molecule has 0 aliphatic heterocycles. The Hall–Kier alpha value is -2.54. The van der Waals surface area contributed by atoms with Crippen LogP contribution in [0, 0.1) is 0 Å². The van der Waals surface area contributed by atoms with Crippen LogP contribution in [0.4, 0.5) is 0 Å². The van der Waals surface area contributed by atoms with E-state index in [0.29, 0.717) is 21.5 Å². The maximum absolute atomic E-state index is 12.0. The topological polar surface area (TPSA) is 76.7 Å². The predicted molar refractivity (Wildman–Crippen MR) is 97.6 cm³/mol. The van der Waals surface area contributed by atoms with Crippen molar-refractivity contribution in [3.63, 3.8) is 0 Å². The average molecular weight is 407 g/mol. The summed E-state index contributed by atoms with van der Waals surface area (Å²) in [6.07, 6.45) is 0.939. The molecule has 0 aromatic heterocycles. The number of hydrogen-bond donors (Lipinski definition) is 2. The number of hydrazine groups is 1. The van der Waals surface area contributed by atoms with E-state index >= 15 is 0 Å². The van der Waals surface area contributed by atoms with E-state index in [0.717, 1.165) is 6.42 Å². The smallest absolute Gasteiger partial charge is 0.276 e. The Balaban J connectivity index is 1.80. The Bertz CT molecular complexity index is 747. The zero-order valence-corrected chi connectivity index (χ0v) is 15.6. The van der Waals surface area contributed by atoms with Crippen LogP contribution < -0.4 is 20.3 Å². The SMILES string of the molecule is CCc1ccc(OCC(=O)NNC(=O)c2ccc(OC)c(Br)c2)cc1. The summed E-state index contributed by atoms with van der Waals surface area (Å²) < 4.78 is 11.1. The molecule has 0 bridgehead atoms. The molecular weight excluding hydrogens is 388 g/mol. The summed E-state index contributed by atoms with van der Waals surface area (Å²) in [7, 11) is 1.54. The van der Waals surface area contributed by atoms with Gasteiger partial charge in [0.1, 0.15) is 11.5 Å². The molecule has 0 radical (unpaired) electrons. The second-order valence-electron chi connectivity index (χ2n) is 5.14. The summed E-state index contributed by atoms with van der Waals surface area (Å²) in [4.78, 5) is 23.8. The van der Waals surface area contributed by atoms with Gasteiger partial charge >= 0.3 is 0 Å². The van der Waals surface area contributed by atoms with Crippen molar-refractivity contribution >= 4 is 27.7 Å². The molecule has 6 nitrogen and oxygen atoms in total. The van der Waals surface area contributed by atoms with Crippen molar-refractivity contribution in [1.82, 2.24) is 10.9 Å². The van der Waals surface area contributed by atoms with E-state index in [1.807, 2.05) is 12.1 Å². The molecule has 2 N–H and O–H groups in total. The molecule has 0 saturated heterocycles. The first-order valence-corrected chi connectivity index (χ1v) is 8.47. The second-order valence-corrected chi connectivity index (χ2v) is 5.99. The van der Waals surface area contributed by atoms with Gasteiger partial charge in [0, 0.05) is 5.56 Å². The van der Waals surface area contributed by atoms with Gasteiger partial charge in [0.25, 0.3) is 11.8 Å². The maximum atomic E-state index is 12.0. The van der Waals surface area contributed by atoms with Crippen LogP contribution in [0.5, 0.6) is 11.5 Å². The first-order valence-electron chi connectivity index (χ1n) is 7.68. The number of carbonyl (C=O) groups is 2. The lowest BCUT2D eigenvalue weighted by molar-refractivity contribution is -0.123. The Kier molecular flexibility index (Phi) is 6.82. The Labute approximate surface area is 154 Å². The van der Waals surface area contributed by atoms with Crippen molar-refractivity contribution in [3.05, 3.63) is 58.1 Å². The van der Waals surface area contributed by atoms with Gasteiger partial charge in [-0.2, -0.15) is 0 Å². The number of carbonyl (C=O) groups excluding carboxylic acids is 2. The van der Waals surface area contributed by atoms with Crippen molar-refractivity contribution in [3.8, 4) is 11.5 Å². The van der Waals surface area contributed by atoms with E-state index in [2.05, 4.69) is 33.7 Å². The van der Waals surface area contributed by atoms with Gasteiger partial charge in [-0.15, -0.1) is 0 Å². The fourth-order valence-corrected chi connectivity index (χ4v) is 2.55. The predicted octanol–water partition coefficient (Wildman–Crippen LogP) is 2.86. The summed E-state index contributed by atoms with van der Waals surface area (Å²) >= 11 is 3.30. The highest BCUT2D eigenvalue weighted by Crippen LogP contribution is 2.25. The van der Waals surface area contributed by atoms with E-state index in [-0.39, 0.29) is 6.61 Å². The monoisotopic (exact) mass is 406 g/mol. The highest BCUT2D eigenvalue weighted by atomic mass is 79.9. The molecule has 132 valence electrons. The standard InChI is InChI=1S/C18H19BrN2O4/c1-3-12-4-7-14(8-5-12)25-11-17(22)20-21-18(23)13-6-9-16(24-2)15(19)10-13/h4-10H,3,11H2,1-2H3,(H,20,22)(H,21,23). The number of aryl methyl sites for hydroxylation is 1. The lowest BCUT2D eigenvalue weighted by atomic mass is 10.2. The highest BCUT2D eigenvalue weighted by Gasteiger charge is 2.10. The number of rotatable bonds is 6. The molecule has 25 heavy (non-hydrogen) atoms. The molecule has 0 unspecified atom stereocenters. The van der Waals surface area contributed by atoms with Crippen LogP contribution in [0.2, 0.25) is 0 Å². The number of methoxy groups -OCH3 is 1. The lowest BCUT2D eigenvalue weighted by Crippen LogP contribution is -2.43. The molecule has 7 heteroatoms. The molecule has 2 rings (SSSR count). The zero-order chi connectivity index (χ0) is 18.2. The van der Waals surface area contributed by atoms with Crippen LogP contribution in [0.15, 0.2) is 46.9 Å². The van der Waals surface area contributed by atoms with E-state index in [9.17, 15) is 9.59 Å². The van der Waals surface area contributed by atoms with Crippen molar-refractivity contribution in [2.24, 2.45) is 0 Å². The van der Waals surface area contributed by atoms with Crippen LogP contribution in [0.25, 0.3) is 0 Å². The van der Waals surface area contributed by atoms with Gasteiger partial charge in [-0.25, -0.2) is 0 Å². The first kappa shape index (κ1) is 18.8. The number of nitrogens with one attached hydrogen (secondary N) is 2. The van der Waals surface area contributed by atoms with Crippen molar-refractivity contribution < 1.29 is 19.1 Å². The fourth-order valence-electron chi connectivity index (χ4n) is 2.01. The van der Waals surface area contributed by atoms with Crippen LogP contribution in [0.1, 0.15) is 22.8 Å². The molecule has 0 fully saturated rings. The van der Waals surface area contributed by atoms with Gasteiger partial charge in [0.15, 0.2) is 6.61 Å². The molecule has 0 spiro atoms. The quantitative estimate of drug-likeness (QED) is 0.723. The summed E-state index contributed by atoms with van der Waals surface area (Å²) in [5.41, 5.74) is 6.22. The van der Waals surface area contributed by atoms with Gasteiger partial charge in [-0.1, -0.05) is 19.1 Å². The van der Waals surface area contributed by atoms with Crippen LogP contribution in [0.3, 0.4) is 0 Å². The second kappa shape index (κ2) is 9.08. The summed E-state index contributed by atoms with van der Waals surface area (Å²) in [6, 6.07) is 12.3.